The van der Waals surface area contributed by atoms with E-state index in [4.69, 9.17) is 19.5 Å². The van der Waals surface area contributed by atoms with Gasteiger partial charge in [-0.1, -0.05) is 24.3 Å². The van der Waals surface area contributed by atoms with Gasteiger partial charge in [-0.15, -0.1) is 0 Å². The maximum atomic E-state index is 8.79. The minimum Gasteiger partial charge on any atom is -0.493 e. The second-order valence-corrected chi connectivity index (χ2v) is 4.53. The first kappa shape index (κ1) is 15.5. The van der Waals surface area contributed by atoms with Crippen molar-refractivity contribution >= 4 is 12.2 Å². The molecule has 0 N–H and O–H groups in total. The van der Waals surface area contributed by atoms with Gasteiger partial charge in [-0.2, -0.15) is 5.26 Å². The molecule has 0 aliphatic carbocycles. The molecule has 0 spiro atoms. The summed E-state index contributed by atoms with van der Waals surface area (Å²) in [6.07, 6.45) is 3.91. The Bertz CT molecular complexity index is 687. The van der Waals surface area contributed by atoms with Gasteiger partial charge < -0.3 is 14.2 Å². The summed E-state index contributed by atoms with van der Waals surface area (Å²) in [5.41, 5.74) is 2.58. The zero-order valence-corrected chi connectivity index (χ0v) is 12.8. The average molecular weight is 295 g/mol. The molecule has 2 aromatic carbocycles. The van der Waals surface area contributed by atoms with Crippen molar-refractivity contribution in [2.24, 2.45) is 0 Å². The van der Waals surface area contributed by atoms with Crippen LogP contribution in [0, 0.1) is 11.3 Å². The lowest BCUT2D eigenvalue weighted by Gasteiger charge is -2.12. The minimum atomic E-state index is 0.570. The number of ether oxygens (including phenoxy) is 3. The summed E-state index contributed by atoms with van der Waals surface area (Å²) in [6.45, 7) is 0. The van der Waals surface area contributed by atoms with Crippen LogP contribution < -0.4 is 14.2 Å². The smallest absolute Gasteiger partial charge is 0.203 e. The summed E-state index contributed by atoms with van der Waals surface area (Å²) in [4.78, 5) is 0. The Morgan fingerprint density at radius 2 is 1.36 bits per heavy atom. The van der Waals surface area contributed by atoms with Crippen LogP contribution in [0.15, 0.2) is 36.4 Å². The number of methoxy groups -OCH3 is 3. The molecule has 0 aliphatic rings. The van der Waals surface area contributed by atoms with Crippen molar-refractivity contribution in [3.8, 4) is 23.3 Å². The van der Waals surface area contributed by atoms with E-state index in [1.165, 1.54) is 0 Å². The Morgan fingerprint density at radius 3 is 1.82 bits per heavy atom. The molecule has 0 atom stereocenters. The van der Waals surface area contributed by atoms with Gasteiger partial charge in [0.15, 0.2) is 11.5 Å². The van der Waals surface area contributed by atoms with Gasteiger partial charge in [-0.25, -0.2) is 0 Å². The molecule has 0 radical (unpaired) electrons. The molecular weight excluding hydrogens is 278 g/mol. The number of benzene rings is 2. The summed E-state index contributed by atoms with van der Waals surface area (Å²) in [5.74, 6) is 1.79. The highest BCUT2D eigenvalue weighted by Crippen LogP contribution is 2.38. The van der Waals surface area contributed by atoms with Crippen LogP contribution in [0.1, 0.15) is 16.7 Å². The zero-order chi connectivity index (χ0) is 15.9. The summed E-state index contributed by atoms with van der Waals surface area (Å²) >= 11 is 0. The second kappa shape index (κ2) is 7.19. The fourth-order valence-corrected chi connectivity index (χ4v) is 2.06. The van der Waals surface area contributed by atoms with E-state index in [1.807, 2.05) is 36.4 Å². The molecule has 0 fully saturated rings. The number of hydrogen-bond donors (Lipinski definition) is 0. The van der Waals surface area contributed by atoms with Gasteiger partial charge >= 0.3 is 0 Å². The molecule has 0 amide bonds. The van der Waals surface area contributed by atoms with Crippen LogP contribution in [0.5, 0.6) is 17.2 Å². The van der Waals surface area contributed by atoms with E-state index >= 15 is 0 Å². The highest BCUT2D eigenvalue weighted by atomic mass is 16.5. The lowest BCUT2D eigenvalue weighted by molar-refractivity contribution is 0.324. The summed E-state index contributed by atoms with van der Waals surface area (Å²) in [5, 5.41) is 8.79. The van der Waals surface area contributed by atoms with Gasteiger partial charge in [0.2, 0.25) is 5.75 Å². The standard InChI is InChI=1S/C18H17NO3/c1-20-16-10-15(11-17(21-2)18(16)22-3)9-6-13-4-7-14(12-19)8-5-13/h4-11H,1-3H3. The van der Waals surface area contributed by atoms with Crippen LogP contribution in [0.25, 0.3) is 12.2 Å². The fourth-order valence-electron chi connectivity index (χ4n) is 2.06. The molecule has 4 nitrogen and oxygen atoms in total. The number of rotatable bonds is 5. The van der Waals surface area contributed by atoms with Crippen LogP contribution >= 0.6 is 0 Å². The Labute approximate surface area is 130 Å². The SMILES string of the molecule is COc1cc(C=Cc2ccc(C#N)cc2)cc(OC)c1OC. The van der Waals surface area contributed by atoms with Crippen molar-refractivity contribution in [3.05, 3.63) is 53.1 Å². The molecule has 0 unspecified atom stereocenters. The monoisotopic (exact) mass is 295 g/mol. The predicted molar refractivity (Wildman–Crippen MR) is 86.2 cm³/mol. The van der Waals surface area contributed by atoms with Crippen LogP contribution in [-0.4, -0.2) is 21.3 Å². The summed E-state index contributed by atoms with van der Waals surface area (Å²) < 4.78 is 16.0. The molecule has 0 aliphatic heterocycles. The van der Waals surface area contributed by atoms with Gasteiger partial charge in [0, 0.05) is 0 Å². The summed E-state index contributed by atoms with van der Waals surface area (Å²) in [6, 6.07) is 13.2. The van der Waals surface area contributed by atoms with Gasteiger partial charge in [0.1, 0.15) is 0 Å². The maximum Gasteiger partial charge on any atom is 0.203 e. The molecule has 0 aromatic heterocycles. The molecule has 0 saturated heterocycles. The van der Waals surface area contributed by atoms with Crippen molar-refractivity contribution in [2.45, 2.75) is 0 Å². The van der Waals surface area contributed by atoms with E-state index in [2.05, 4.69) is 6.07 Å². The highest BCUT2D eigenvalue weighted by Gasteiger charge is 2.11. The van der Waals surface area contributed by atoms with Crippen molar-refractivity contribution in [2.75, 3.05) is 21.3 Å². The molecule has 2 rings (SSSR count). The Kier molecular flexibility index (Phi) is 5.05. The zero-order valence-electron chi connectivity index (χ0n) is 12.8. The third-order valence-corrected chi connectivity index (χ3v) is 3.20. The number of hydrogen-bond acceptors (Lipinski definition) is 4. The Hall–Kier alpha value is -2.93. The van der Waals surface area contributed by atoms with Crippen molar-refractivity contribution in [1.29, 1.82) is 5.26 Å². The first-order valence-electron chi connectivity index (χ1n) is 6.70. The first-order chi connectivity index (χ1) is 10.7. The third kappa shape index (κ3) is 3.39. The van der Waals surface area contributed by atoms with Gasteiger partial charge in [-0.05, 0) is 35.4 Å². The van der Waals surface area contributed by atoms with Crippen LogP contribution in [0.2, 0.25) is 0 Å². The summed E-state index contributed by atoms with van der Waals surface area (Å²) in [7, 11) is 4.75. The molecule has 0 bridgehead atoms. The van der Waals surface area contributed by atoms with Crippen LogP contribution in [0.3, 0.4) is 0 Å². The van der Waals surface area contributed by atoms with E-state index in [1.54, 1.807) is 33.5 Å². The third-order valence-electron chi connectivity index (χ3n) is 3.20. The van der Waals surface area contributed by atoms with Crippen molar-refractivity contribution < 1.29 is 14.2 Å². The van der Waals surface area contributed by atoms with Gasteiger partial charge in [0.05, 0.1) is 33.0 Å². The highest BCUT2D eigenvalue weighted by molar-refractivity contribution is 5.72. The number of nitrogens with zero attached hydrogens (tertiary/aromatic N) is 1. The quantitative estimate of drug-likeness (QED) is 0.788. The molecule has 22 heavy (non-hydrogen) atoms. The molecular formula is C18H17NO3. The Morgan fingerprint density at radius 1 is 0.818 bits per heavy atom. The minimum absolute atomic E-state index is 0.570. The molecule has 0 heterocycles. The first-order valence-corrected chi connectivity index (χ1v) is 6.70. The largest absolute Gasteiger partial charge is 0.493 e. The molecule has 4 heteroatoms. The van der Waals surface area contributed by atoms with E-state index in [0.717, 1.165) is 11.1 Å². The second-order valence-electron chi connectivity index (χ2n) is 4.53. The lowest BCUT2D eigenvalue weighted by Crippen LogP contribution is -1.95. The van der Waals surface area contributed by atoms with Crippen molar-refractivity contribution in [3.63, 3.8) is 0 Å². The van der Waals surface area contributed by atoms with E-state index in [-0.39, 0.29) is 0 Å². The van der Waals surface area contributed by atoms with E-state index in [0.29, 0.717) is 22.8 Å². The van der Waals surface area contributed by atoms with Gasteiger partial charge in [0.25, 0.3) is 0 Å². The number of nitriles is 1. The Balaban J connectivity index is 2.32. The molecule has 2 aromatic rings. The topological polar surface area (TPSA) is 51.5 Å². The van der Waals surface area contributed by atoms with Crippen molar-refractivity contribution in [1.82, 2.24) is 0 Å². The fraction of sp³-hybridized carbons (Fsp3) is 0.167. The molecule has 112 valence electrons. The lowest BCUT2D eigenvalue weighted by atomic mass is 10.1. The van der Waals surface area contributed by atoms with E-state index < -0.39 is 0 Å². The normalized spacial score (nSPS) is 10.3. The van der Waals surface area contributed by atoms with Crippen LogP contribution in [0.4, 0.5) is 0 Å². The van der Waals surface area contributed by atoms with Gasteiger partial charge in [-0.3, -0.25) is 0 Å². The molecule has 0 saturated carbocycles. The average Bonchev–Trinajstić information content (AvgIpc) is 2.59. The van der Waals surface area contributed by atoms with Crippen LogP contribution in [-0.2, 0) is 0 Å². The van der Waals surface area contributed by atoms with E-state index in [9.17, 15) is 0 Å². The predicted octanol–water partition coefficient (Wildman–Crippen LogP) is 3.75. The maximum absolute atomic E-state index is 8.79.